The molecule has 0 radical (unpaired) electrons. The van der Waals surface area contributed by atoms with E-state index in [0.717, 1.165) is 32.2 Å². The van der Waals surface area contributed by atoms with Crippen LogP contribution in [-0.4, -0.2) is 56.9 Å². The minimum absolute atomic E-state index is 0.360. The first-order valence-corrected chi connectivity index (χ1v) is 6.59. The third-order valence-electron chi connectivity index (χ3n) is 3.33. The number of ether oxygens (including phenoxy) is 2. The zero-order valence-electron chi connectivity index (χ0n) is 11.8. The van der Waals surface area contributed by atoms with Gasteiger partial charge in [0, 0.05) is 19.7 Å². The van der Waals surface area contributed by atoms with E-state index in [1.54, 1.807) is 6.92 Å². The third-order valence-corrected chi connectivity index (χ3v) is 3.33. The Kier molecular flexibility index (Phi) is 6.05. The van der Waals surface area contributed by atoms with E-state index in [9.17, 15) is 4.79 Å². The van der Waals surface area contributed by atoms with Crippen LogP contribution in [0.5, 0.6) is 0 Å². The number of hydrogen-bond acceptors (Lipinski definition) is 5. The first-order valence-electron chi connectivity index (χ1n) is 6.59. The van der Waals surface area contributed by atoms with Crippen molar-refractivity contribution in [3.63, 3.8) is 0 Å². The Morgan fingerprint density at radius 3 is 2.67 bits per heavy atom. The molecule has 1 unspecified atom stereocenters. The van der Waals surface area contributed by atoms with Crippen molar-refractivity contribution in [1.29, 1.82) is 0 Å². The predicted octanol–water partition coefficient (Wildman–Crippen LogP) is 0.625. The van der Waals surface area contributed by atoms with Gasteiger partial charge in [-0.2, -0.15) is 0 Å². The van der Waals surface area contributed by atoms with Crippen LogP contribution in [0.25, 0.3) is 0 Å². The summed E-state index contributed by atoms with van der Waals surface area (Å²) in [6, 6.07) is 0. The van der Waals surface area contributed by atoms with Gasteiger partial charge in [-0.1, -0.05) is 0 Å². The van der Waals surface area contributed by atoms with Gasteiger partial charge in [-0.15, -0.1) is 0 Å². The summed E-state index contributed by atoms with van der Waals surface area (Å²) in [6.45, 7) is 4.96. The monoisotopic (exact) mass is 258 g/mol. The van der Waals surface area contributed by atoms with Crippen molar-refractivity contribution < 1.29 is 14.3 Å². The van der Waals surface area contributed by atoms with Crippen LogP contribution in [0.4, 0.5) is 0 Å². The van der Waals surface area contributed by atoms with Gasteiger partial charge in [-0.05, 0) is 39.2 Å². The molecule has 106 valence electrons. The second-order valence-corrected chi connectivity index (χ2v) is 5.48. The minimum atomic E-state index is -0.905. The van der Waals surface area contributed by atoms with Gasteiger partial charge in [0.15, 0.2) is 0 Å². The molecule has 1 atom stereocenters. The number of hydrogen-bond donors (Lipinski definition) is 1. The van der Waals surface area contributed by atoms with Crippen LogP contribution in [-0.2, 0) is 14.3 Å². The number of rotatable bonds is 9. The molecule has 1 aliphatic rings. The van der Waals surface area contributed by atoms with Crippen LogP contribution >= 0.6 is 0 Å². The van der Waals surface area contributed by atoms with Crippen molar-refractivity contribution in [3.05, 3.63) is 0 Å². The molecule has 1 aliphatic carbocycles. The Bertz CT molecular complexity index is 265. The summed E-state index contributed by atoms with van der Waals surface area (Å²) >= 11 is 0. The van der Waals surface area contributed by atoms with Crippen LogP contribution in [0.3, 0.4) is 0 Å². The smallest absolute Gasteiger partial charge is 0.325 e. The number of nitrogens with zero attached hydrogens (tertiary/aromatic N) is 1. The Morgan fingerprint density at radius 2 is 2.11 bits per heavy atom. The van der Waals surface area contributed by atoms with E-state index < -0.39 is 5.54 Å². The fourth-order valence-electron chi connectivity index (χ4n) is 1.63. The van der Waals surface area contributed by atoms with Gasteiger partial charge in [0.25, 0.3) is 0 Å². The highest BCUT2D eigenvalue weighted by Gasteiger charge is 2.29. The standard InChI is InChI=1S/C13H26N2O3/c1-13(14,12(16)17-3)6-7-15(2)8-9-18-10-11-4-5-11/h11H,4-10,14H2,1-3H3. The molecular weight excluding hydrogens is 232 g/mol. The van der Waals surface area contributed by atoms with Crippen LogP contribution in [0.2, 0.25) is 0 Å². The molecule has 0 heterocycles. The van der Waals surface area contributed by atoms with Gasteiger partial charge in [0.2, 0.25) is 0 Å². The quantitative estimate of drug-likeness (QED) is 0.485. The highest BCUT2D eigenvalue weighted by Crippen LogP contribution is 2.28. The summed E-state index contributed by atoms with van der Waals surface area (Å²) in [5.74, 6) is 0.447. The molecular formula is C13H26N2O3. The van der Waals surface area contributed by atoms with Crippen LogP contribution < -0.4 is 5.73 Å². The average molecular weight is 258 g/mol. The molecule has 0 aromatic heterocycles. The molecule has 1 saturated carbocycles. The summed E-state index contributed by atoms with van der Waals surface area (Å²) < 4.78 is 10.2. The van der Waals surface area contributed by atoms with Crippen molar-refractivity contribution in [2.45, 2.75) is 31.7 Å². The Hall–Kier alpha value is -0.650. The maximum absolute atomic E-state index is 11.4. The van der Waals surface area contributed by atoms with E-state index in [2.05, 4.69) is 9.64 Å². The van der Waals surface area contributed by atoms with Crippen molar-refractivity contribution >= 4 is 5.97 Å². The maximum atomic E-state index is 11.4. The lowest BCUT2D eigenvalue weighted by molar-refractivity contribution is -0.146. The van der Waals surface area contributed by atoms with Gasteiger partial charge in [-0.25, -0.2) is 0 Å². The summed E-state index contributed by atoms with van der Waals surface area (Å²) in [7, 11) is 3.37. The molecule has 1 rings (SSSR count). The Balaban J connectivity index is 2.07. The van der Waals surface area contributed by atoms with E-state index in [1.165, 1.54) is 20.0 Å². The second kappa shape index (κ2) is 7.07. The Morgan fingerprint density at radius 1 is 1.44 bits per heavy atom. The molecule has 2 N–H and O–H groups in total. The summed E-state index contributed by atoms with van der Waals surface area (Å²) in [5.41, 5.74) is 4.98. The minimum Gasteiger partial charge on any atom is -0.468 e. The largest absolute Gasteiger partial charge is 0.468 e. The van der Waals surface area contributed by atoms with E-state index in [1.807, 2.05) is 7.05 Å². The number of nitrogens with two attached hydrogens (primary N) is 1. The molecule has 0 saturated heterocycles. The molecule has 18 heavy (non-hydrogen) atoms. The number of methoxy groups -OCH3 is 1. The fraction of sp³-hybridized carbons (Fsp3) is 0.923. The zero-order valence-corrected chi connectivity index (χ0v) is 11.8. The van der Waals surface area contributed by atoms with Gasteiger partial charge in [0.05, 0.1) is 13.7 Å². The van der Waals surface area contributed by atoms with Gasteiger partial charge in [-0.3, -0.25) is 4.79 Å². The molecule has 0 bridgehead atoms. The normalized spacial score (nSPS) is 18.7. The van der Waals surface area contributed by atoms with Crippen molar-refractivity contribution in [2.24, 2.45) is 11.7 Å². The molecule has 0 spiro atoms. The van der Waals surface area contributed by atoms with Crippen LogP contribution in [0.1, 0.15) is 26.2 Å². The lowest BCUT2D eigenvalue weighted by atomic mass is 9.99. The SMILES string of the molecule is COC(=O)C(C)(N)CCN(C)CCOCC1CC1. The first-order chi connectivity index (χ1) is 8.45. The fourth-order valence-corrected chi connectivity index (χ4v) is 1.63. The van der Waals surface area contributed by atoms with Crippen molar-refractivity contribution in [3.8, 4) is 0 Å². The Labute approximate surface area is 110 Å². The molecule has 0 aromatic carbocycles. The molecule has 5 nitrogen and oxygen atoms in total. The van der Waals surface area contributed by atoms with Gasteiger partial charge >= 0.3 is 5.97 Å². The molecule has 0 amide bonds. The van der Waals surface area contributed by atoms with E-state index >= 15 is 0 Å². The number of esters is 1. The number of carbonyl (C=O) groups is 1. The molecule has 1 fully saturated rings. The van der Waals surface area contributed by atoms with Crippen molar-refractivity contribution in [2.75, 3.05) is 40.5 Å². The lowest BCUT2D eigenvalue weighted by Crippen LogP contribution is -2.48. The zero-order chi connectivity index (χ0) is 13.6. The third kappa shape index (κ3) is 5.80. The highest BCUT2D eigenvalue weighted by molar-refractivity contribution is 5.79. The molecule has 0 aromatic rings. The lowest BCUT2D eigenvalue weighted by Gasteiger charge is -2.24. The van der Waals surface area contributed by atoms with E-state index in [-0.39, 0.29) is 5.97 Å². The van der Waals surface area contributed by atoms with Gasteiger partial charge < -0.3 is 20.1 Å². The summed E-state index contributed by atoms with van der Waals surface area (Å²) in [4.78, 5) is 13.5. The maximum Gasteiger partial charge on any atom is 0.325 e. The van der Waals surface area contributed by atoms with Gasteiger partial charge in [0.1, 0.15) is 5.54 Å². The highest BCUT2D eigenvalue weighted by atomic mass is 16.5. The van der Waals surface area contributed by atoms with E-state index in [0.29, 0.717) is 6.42 Å². The van der Waals surface area contributed by atoms with Crippen LogP contribution in [0, 0.1) is 5.92 Å². The first kappa shape index (κ1) is 15.4. The number of carbonyl (C=O) groups excluding carboxylic acids is 1. The molecule has 0 aliphatic heterocycles. The topological polar surface area (TPSA) is 64.8 Å². The predicted molar refractivity (Wildman–Crippen MR) is 70.3 cm³/mol. The average Bonchev–Trinajstić information content (AvgIpc) is 3.15. The van der Waals surface area contributed by atoms with Crippen LogP contribution in [0.15, 0.2) is 0 Å². The molecule has 5 heteroatoms. The second-order valence-electron chi connectivity index (χ2n) is 5.48. The van der Waals surface area contributed by atoms with E-state index in [4.69, 9.17) is 10.5 Å². The van der Waals surface area contributed by atoms with Crippen molar-refractivity contribution in [1.82, 2.24) is 4.90 Å². The summed E-state index contributed by atoms with van der Waals surface area (Å²) in [5, 5.41) is 0. The number of likely N-dealkylation sites (N-methyl/N-ethyl adjacent to an activating group) is 1. The summed E-state index contributed by atoms with van der Waals surface area (Å²) in [6.07, 6.45) is 3.22.